The van der Waals surface area contributed by atoms with Gasteiger partial charge in [-0.3, -0.25) is 14.4 Å². The summed E-state index contributed by atoms with van der Waals surface area (Å²) in [6.07, 6.45) is 1.32. The third kappa shape index (κ3) is 7.81. The number of amides is 3. The van der Waals surface area contributed by atoms with Crippen molar-refractivity contribution in [2.24, 2.45) is 5.10 Å². The van der Waals surface area contributed by atoms with Crippen molar-refractivity contribution in [1.29, 1.82) is 0 Å². The molecule has 0 heterocycles. The molecule has 0 unspecified atom stereocenters. The molecule has 29 heavy (non-hydrogen) atoms. The van der Waals surface area contributed by atoms with Crippen LogP contribution in [0, 0.1) is 0 Å². The topological polar surface area (TPSA) is 118 Å². The van der Waals surface area contributed by atoms with Crippen LogP contribution in [0.3, 0.4) is 0 Å². The Labute approximate surface area is 168 Å². The van der Waals surface area contributed by atoms with Gasteiger partial charge in [0.15, 0.2) is 6.61 Å². The van der Waals surface area contributed by atoms with Gasteiger partial charge in [0, 0.05) is 24.9 Å². The first-order valence-electron chi connectivity index (χ1n) is 8.77. The second-order valence-electron chi connectivity index (χ2n) is 5.69. The molecule has 3 N–H and O–H groups in total. The number of rotatable bonds is 9. The van der Waals surface area contributed by atoms with Gasteiger partial charge >= 0.3 is 11.8 Å². The van der Waals surface area contributed by atoms with Gasteiger partial charge in [-0.05, 0) is 24.3 Å². The number of ether oxygens (including phenoxy) is 2. The highest BCUT2D eigenvalue weighted by Crippen LogP contribution is 2.16. The maximum absolute atomic E-state index is 12.0. The summed E-state index contributed by atoms with van der Waals surface area (Å²) in [5.41, 5.74) is 3.32. The predicted molar refractivity (Wildman–Crippen MR) is 108 cm³/mol. The minimum absolute atomic E-state index is 0.200. The van der Waals surface area contributed by atoms with Crippen LogP contribution in [0.25, 0.3) is 0 Å². The summed E-state index contributed by atoms with van der Waals surface area (Å²) in [7, 11) is 1.49. The Morgan fingerprint density at radius 1 is 1.00 bits per heavy atom. The monoisotopic (exact) mass is 398 g/mol. The van der Waals surface area contributed by atoms with E-state index >= 15 is 0 Å². The van der Waals surface area contributed by atoms with E-state index in [0.717, 1.165) is 0 Å². The zero-order valence-corrected chi connectivity index (χ0v) is 15.9. The van der Waals surface area contributed by atoms with Crippen LogP contribution < -0.4 is 20.8 Å². The summed E-state index contributed by atoms with van der Waals surface area (Å²) in [5.74, 6) is -1.64. The molecule has 9 heteroatoms. The van der Waals surface area contributed by atoms with E-state index in [4.69, 9.17) is 9.47 Å². The van der Waals surface area contributed by atoms with Gasteiger partial charge in [-0.15, -0.1) is 0 Å². The molecule has 0 aliphatic heterocycles. The lowest BCUT2D eigenvalue weighted by Gasteiger charge is -2.09. The van der Waals surface area contributed by atoms with Crippen molar-refractivity contribution in [3.05, 3.63) is 60.2 Å². The number of benzene rings is 2. The minimum atomic E-state index is -0.905. The molecule has 3 amide bonds. The number of hydrogen-bond acceptors (Lipinski definition) is 6. The van der Waals surface area contributed by atoms with Crippen molar-refractivity contribution in [3.8, 4) is 5.75 Å². The van der Waals surface area contributed by atoms with Gasteiger partial charge < -0.3 is 20.1 Å². The Morgan fingerprint density at radius 2 is 1.72 bits per heavy atom. The second kappa shape index (κ2) is 11.9. The van der Waals surface area contributed by atoms with Gasteiger partial charge in [0.25, 0.3) is 5.91 Å². The Hall–Kier alpha value is -3.72. The molecule has 0 bridgehead atoms. The molecule has 2 aromatic rings. The number of hydrogen-bond donors (Lipinski definition) is 3. The minimum Gasteiger partial charge on any atom is -0.483 e. The zero-order valence-electron chi connectivity index (χ0n) is 15.9. The summed E-state index contributed by atoms with van der Waals surface area (Å²) in [5, 5.41) is 8.84. The molecule has 0 radical (unpaired) electrons. The molecule has 2 aromatic carbocycles. The maximum Gasteiger partial charge on any atom is 0.329 e. The fourth-order valence-electron chi connectivity index (χ4n) is 2.14. The van der Waals surface area contributed by atoms with Crippen LogP contribution in [0.4, 0.5) is 5.69 Å². The highest BCUT2D eigenvalue weighted by Gasteiger charge is 2.11. The zero-order chi connectivity index (χ0) is 20.9. The standard InChI is InChI=1S/C20H22N4O5/c1-28-12-11-21-19(26)20(27)24-22-13-15-7-5-6-10-17(15)29-14-18(25)23-16-8-3-2-4-9-16/h2-10,13H,11-12,14H2,1H3,(H,21,26)(H,23,25)(H,24,27)/b22-13-. The molecule has 0 saturated heterocycles. The number of nitrogens with zero attached hydrogens (tertiary/aromatic N) is 1. The summed E-state index contributed by atoms with van der Waals surface area (Å²) in [4.78, 5) is 35.2. The maximum atomic E-state index is 12.0. The van der Waals surface area contributed by atoms with Crippen molar-refractivity contribution in [2.75, 3.05) is 32.2 Å². The van der Waals surface area contributed by atoms with Crippen molar-refractivity contribution in [2.45, 2.75) is 0 Å². The fourth-order valence-corrected chi connectivity index (χ4v) is 2.14. The molecule has 0 aromatic heterocycles. The molecule has 152 valence electrons. The van der Waals surface area contributed by atoms with Gasteiger partial charge in [-0.1, -0.05) is 30.3 Å². The fraction of sp³-hybridized carbons (Fsp3) is 0.200. The molecular formula is C20H22N4O5. The number of anilines is 1. The van der Waals surface area contributed by atoms with Crippen LogP contribution in [-0.4, -0.2) is 50.8 Å². The van der Waals surface area contributed by atoms with Crippen LogP contribution in [0.5, 0.6) is 5.75 Å². The summed E-state index contributed by atoms with van der Waals surface area (Å²) in [6, 6.07) is 15.9. The molecule has 2 rings (SSSR count). The van der Waals surface area contributed by atoms with E-state index < -0.39 is 11.8 Å². The highest BCUT2D eigenvalue weighted by atomic mass is 16.5. The van der Waals surface area contributed by atoms with E-state index in [1.807, 2.05) is 18.2 Å². The second-order valence-corrected chi connectivity index (χ2v) is 5.69. The lowest BCUT2D eigenvalue weighted by atomic mass is 10.2. The molecular weight excluding hydrogens is 376 g/mol. The van der Waals surface area contributed by atoms with E-state index in [1.165, 1.54) is 13.3 Å². The average molecular weight is 398 g/mol. The lowest BCUT2D eigenvalue weighted by molar-refractivity contribution is -0.139. The number of methoxy groups -OCH3 is 1. The van der Waals surface area contributed by atoms with Crippen molar-refractivity contribution in [1.82, 2.24) is 10.7 Å². The summed E-state index contributed by atoms with van der Waals surface area (Å²) >= 11 is 0. The molecule has 0 fully saturated rings. The van der Waals surface area contributed by atoms with E-state index in [9.17, 15) is 14.4 Å². The number of carbonyl (C=O) groups excluding carboxylic acids is 3. The molecule has 9 nitrogen and oxygen atoms in total. The quantitative estimate of drug-likeness (QED) is 0.251. The van der Waals surface area contributed by atoms with E-state index in [-0.39, 0.29) is 19.1 Å². The van der Waals surface area contributed by atoms with Gasteiger partial charge in [0.1, 0.15) is 5.75 Å². The van der Waals surface area contributed by atoms with Crippen LogP contribution in [0.15, 0.2) is 59.7 Å². The molecule has 0 saturated carbocycles. The number of nitrogens with one attached hydrogen (secondary N) is 3. The van der Waals surface area contributed by atoms with Crippen LogP contribution in [0.1, 0.15) is 5.56 Å². The van der Waals surface area contributed by atoms with Crippen molar-refractivity contribution >= 4 is 29.6 Å². The lowest BCUT2D eigenvalue weighted by Crippen LogP contribution is -2.39. The van der Waals surface area contributed by atoms with Gasteiger partial charge in [-0.25, -0.2) is 5.43 Å². The van der Waals surface area contributed by atoms with Crippen LogP contribution in [-0.2, 0) is 19.1 Å². The SMILES string of the molecule is COCCNC(=O)C(=O)N/N=C\c1ccccc1OCC(=O)Nc1ccccc1. The Morgan fingerprint density at radius 3 is 2.48 bits per heavy atom. The summed E-state index contributed by atoms with van der Waals surface area (Å²) in [6.45, 7) is 0.313. The van der Waals surface area contributed by atoms with Gasteiger partial charge in [0.2, 0.25) is 0 Å². The number of hydrazone groups is 1. The highest BCUT2D eigenvalue weighted by molar-refractivity contribution is 6.35. The van der Waals surface area contributed by atoms with Gasteiger partial charge in [0.05, 0.1) is 12.8 Å². The normalized spacial score (nSPS) is 10.4. The smallest absolute Gasteiger partial charge is 0.329 e. The molecule has 0 atom stereocenters. The molecule has 0 aliphatic carbocycles. The van der Waals surface area contributed by atoms with Crippen LogP contribution >= 0.6 is 0 Å². The third-order valence-electron chi connectivity index (χ3n) is 3.50. The van der Waals surface area contributed by atoms with Gasteiger partial charge in [-0.2, -0.15) is 5.10 Å². The molecule has 0 spiro atoms. The predicted octanol–water partition coefficient (Wildman–Crippen LogP) is 0.917. The third-order valence-corrected chi connectivity index (χ3v) is 3.50. The van der Waals surface area contributed by atoms with Crippen molar-refractivity contribution in [3.63, 3.8) is 0 Å². The first kappa shape index (κ1) is 21.6. The van der Waals surface area contributed by atoms with E-state index in [0.29, 0.717) is 23.6 Å². The van der Waals surface area contributed by atoms with E-state index in [1.54, 1.807) is 36.4 Å². The van der Waals surface area contributed by atoms with Crippen LogP contribution in [0.2, 0.25) is 0 Å². The number of carbonyl (C=O) groups is 3. The average Bonchev–Trinajstić information content (AvgIpc) is 2.73. The largest absolute Gasteiger partial charge is 0.483 e. The Bertz CT molecular complexity index is 855. The summed E-state index contributed by atoms with van der Waals surface area (Å²) < 4.78 is 10.3. The van der Waals surface area contributed by atoms with E-state index in [2.05, 4.69) is 21.2 Å². The Kier molecular flexibility index (Phi) is 8.84. The first-order valence-corrected chi connectivity index (χ1v) is 8.77. The van der Waals surface area contributed by atoms with Crippen molar-refractivity contribution < 1.29 is 23.9 Å². The Balaban J connectivity index is 1.86. The molecule has 0 aliphatic rings. The first-order chi connectivity index (χ1) is 14.1. The number of para-hydroxylation sites is 2.